The van der Waals surface area contributed by atoms with Crippen molar-refractivity contribution in [1.82, 2.24) is 9.80 Å². The van der Waals surface area contributed by atoms with Crippen molar-refractivity contribution in [1.29, 1.82) is 0 Å². The van der Waals surface area contributed by atoms with Crippen molar-refractivity contribution in [2.75, 3.05) is 43.5 Å². The number of nitrogens with one attached hydrogen (secondary N) is 2. The number of fused-ring (bicyclic) bond motifs is 1. The zero-order valence-electron chi connectivity index (χ0n) is 31.1. The Kier molecular flexibility index (Phi) is 13.6. The topological polar surface area (TPSA) is 128 Å². The quantitative estimate of drug-likeness (QED) is 0.140. The van der Waals surface area contributed by atoms with Crippen LogP contribution < -0.4 is 10.6 Å². The van der Waals surface area contributed by atoms with Gasteiger partial charge in [-0.05, 0) is 106 Å². The number of carboxylic acids is 1. The average Bonchev–Trinajstić information content (AvgIpc) is 3.52. The fourth-order valence-corrected chi connectivity index (χ4v) is 8.24. The number of hydrogen-bond acceptors (Lipinski definition) is 7. The third kappa shape index (κ3) is 10.1. The first-order valence-corrected chi connectivity index (χ1v) is 19.6. The molecule has 10 nitrogen and oxygen atoms in total. The lowest BCUT2D eigenvalue weighted by Gasteiger charge is -2.32. The lowest BCUT2D eigenvalue weighted by atomic mass is 9.87. The van der Waals surface area contributed by atoms with Crippen molar-refractivity contribution in [2.24, 2.45) is 5.41 Å². The van der Waals surface area contributed by atoms with Gasteiger partial charge in [-0.1, -0.05) is 38.1 Å². The fraction of sp³-hybridized carbons (Fsp3) is 0.512. The Morgan fingerprint density at radius 3 is 2.35 bits per heavy atom. The van der Waals surface area contributed by atoms with Crippen LogP contribution in [0.5, 0.6) is 0 Å². The molecule has 3 N–H and O–H groups in total. The van der Waals surface area contributed by atoms with Crippen LogP contribution in [0.4, 0.5) is 10.7 Å². The van der Waals surface area contributed by atoms with E-state index < -0.39 is 11.4 Å². The van der Waals surface area contributed by atoms with Crippen molar-refractivity contribution < 1.29 is 29.0 Å². The van der Waals surface area contributed by atoms with Gasteiger partial charge in [-0.25, -0.2) is 0 Å². The summed E-state index contributed by atoms with van der Waals surface area (Å²) >= 11 is 1.48. The molecule has 1 saturated heterocycles. The van der Waals surface area contributed by atoms with Gasteiger partial charge >= 0.3 is 5.97 Å². The SMILES string of the molecule is CCC(CC)N(Cc1cccc(C(=O)Nc2sc3c(c2C(=O)Nc2ccc(CCN4CCOCC4)cc2)CCCC3)c1)C(=O)CCC(C)(C)C(=O)O. The van der Waals surface area contributed by atoms with Crippen LogP contribution in [-0.2, 0) is 40.1 Å². The van der Waals surface area contributed by atoms with Gasteiger partial charge in [0.1, 0.15) is 5.00 Å². The van der Waals surface area contributed by atoms with E-state index in [0.717, 1.165) is 93.8 Å². The summed E-state index contributed by atoms with van der Waals surface area (Å²) in [5.74, 6) is -1.57. The highest BCUT2D eigenvalue weighted by atomic mass is 32.1. The lowest BCUT2D eigenvalue weighted by Crippen LogP contribution is -2.40. The minimum Gasteiger partial charge on any atom is -0.481 e. The molecule has 0 spiro atoms. The molecule has 2 aromatic carbocycles. The van der Waals surface area contributed by atoms with Crippen LogP contribution in [0.3, 0.4) is 0 Å². The van der Waals surface area contributed by atoms with Crippen LogP contribution in [0, 0.1) is 5.41 Å². The molecule has 1 aromatic heterocycles. The zero-order valence-corrected chi connectivity index (χ0v) is 31.9. The maximum atomic E-state index is 13.9. The summed E-state index contributed by atoms with van der Waals surface area (Å²) in [5.41, 5.74) is 3.72. The average molecular weight is 731 g/mol. The van der Waals surface area contributed by atoms with Gasteiger partial charge in [0, 0.05) is 54.8 Å². The summed E-state index contributed by atoms with van der Waals surface area (Å²) in [6.45, 7) is 12.1. The molecule has 2 aliphatic rings. The van der Waals surface area contributed by atoms with Crippen molar-refractivity contribution in [3.8, 4) is 0 Å². The Morgan fingerprint density at radius 2 is 1.65 bits per heavy atom. The molecule has 0 radical (unpaired) electrons. The summed E-state index contributed by atoms with van der Waals surface area (Å²) < 4.78 is 5.45. The molecule has 11 heteroatoms. The number of amides is 3. The van der Waals surface area contributed by atoms with Crippen LogP contribution in [0.25, 0.3) is 0 Å². The molecular weight excluding hydrogens is 677 g/mol. The van der Waals surface area contributed by atoms with E-state index in [9.17, 15) is 24.3 Å². The second kappa shape index (κ2) is 18.1. The van der Waals surface area contributed by atoms with Gasteiger partial charge in [0.2, 0.25) is 5.91 Å². The Labute approximate surface area is 311 Å². The van der Waals surface area contributed by atoms with E-state index in [1.807, 2.05) is 43.0 Å². The highest BCUT2D eigenvalue weighted by Gasteiger charge is 2.31. The first kappa shape index (κ1) is 39.2. The second-order valence-electron chi connectivity index (χ2n) is 14.6. The van der Waals surface area contributed by atoms with Gasteiger partial charge in [0.15, 0.2) is 0 Å². The summed E-state index contributed by atoms with van der Waals surface area (Å²) in [5, 5.41) is 16.3. The Balaban J connectivity index is 1.28. The number of aliphatic carboxylic acids is 1. The molecule has 2 heterocycles. The second-order valence-corrected chi connectivity index (χ2v) is 15.7. The molecule has 52 heavy (non-hydrogen) atoms. The third-order valence-electron chi connectivity index (χ3n) is 10.4. The highest BCUT2D eigenvalue weighted by Crippen LogP contribution is 2.39. The maximum Gasteiger partial charge on any atom is 0.309 e. The molecule has 1 fully saturated rings. The number of morpholine rings is 1. The standard InChI is InChI=1S/C41H54N4O6S/c1-5-32(6-2)45(35(46)18-20-41(3,4)40(49)50)27-29-10-9-11-30(26-29)37(47)43-39-36(33-12-7-8-13-34(33)52-39)38(48)42-31-16-14-28(15-17-31)19-21-44-22-24-51-25-23-44/h9-11,14-17,26,32H,5-8,12-13,18-25,27H2,1-4H3,(H,42,48)(H,43,47)(H,49,50). The smallest absolute Gasteiger partial charge is 0.309 e. The highest BCUT2D eigenvalue weighted by molar-refractivity contribution is 7.17. The Hall–Kier alpha value is -4.06. The number of nitrogens with zero attached hydrogens (tertiary/aromatic N) is 2. The predicted octanol–water partition coefficient (Wildman–Crippen LogP) is 7.41. The molecule has 3 amide bonds. The monoisotopic (exact) mass is 730 g/mol. The van der Waals surface area contributed by atoms with E-state index in [-0.39, 0.29) is 36.6 Å². The summed E-state index contributed by atoms with van der Waals surface area (Å²) in [6.07, 6.45) is 6.55. The Bertz CT molecular complexity index is 1710. The molecule has 5 rings (SSSR count). The van der Waals surface area contributed by atoms with Crippen LogP contribution >= 0.6 is 11.3 Å². The van der Waals surface area contributed by atoms with Gasteiger partial charge in [0.05, 0.1) is 24.2 Å². The van der Waals surface area contributed by atoms with Crippen LogP contribution in [0.1, 0.15) is 109 Å². The molecule has 0 atom stereocenters. The van der Waals surface area contributed by atoms with E-state index in [4.69, 9.17) is 4.74 Å². The zero-order chi connectivity index (χ0) is 37.3. The summed E-state index contributed by atoms with van der Waals surface area (Å²) in [4.78, 5) is 58.2. The maximum absolute atomic E-state index is 13.9. The number of rotatable bonds is 16. The molecule has 1 aliphatic carbocycles. The fourth-order valence-electron chi connectivity index (χ4n) is 6.96. The number of benzene rings is 2. The third-order valence-corrected chi connectivity index (χ3v) is 11.7. The minimum absolute atomic E-state index is 0.0114. The number of ether oxygens (including phenoxy) is 1. The lowest BCUT2D eigenvalue weighted by molar-refractivity contribution is -0.148. The first-order chi connectivity index (χ1) is 25.0. The number of aryl methyl sites for hydroxylation is 1. The summed E-state index contributed by atoms with van der Waals surface area (Å²) in [6, 6.07) is 15.2. The molecule has 280 valence electrons. The van der Waals surface area contributed by atoms with E-state index in [2.05, 4.69) is 27.7 Å². The van der Waals surface area contributed by atoms with Crippen molar-refractivity contribution in [3.63, 3.8) is 0 Å². The largest absolute Gasteiger partial charge is 0.481 e. The van der Waals surface area contributed by atoms with E-state index in [1.165, 1.54) is 16.9 Å². The molecule has 0 unspecified atom stereocenters. The number of carbonyl (C=O) groups excluding carboxylic acids is 3. The van der Waals surface area contributed by atoms with Gasteiger partial charge in [-0.2, -0.15) is 0 Å². The van der Waals surface area contributed by atoms with Gasteiger partial charge in [0.25, 0.3) is 11.8 Å². The number of hydrogen-bond donors (Lipinski definition) is 3. The van der Waals surface area contributed by atoms with E-state index >= 15 is 0 Å². The van der Waals surface area contributed by atoms with Crippen molar-refractivity contribution in [3.05, 3.63) is 81.2 Å². The Morgan fingerprint density at radius 1 is 0.942 bits per heavy atom. The molecule has 0 saturated carbocycles. The van der Waals surface area contributed by atoms with Gasteiger partial charge in [-0.3, -0.25) is 24.1 Å². The predicted molar refractivity (Wildman–Crippen MR) is 206 cm³/mol. The van der Waals surface area contributed by atoms with Gasteiger partial charge in [-0.15, -0.1) is 11.3 Å². The summed E-state index contributed by atoms with van der Waals surface area (Å²) in [7, 11) is 0. The van der Waals surface area contributed by atoms with E-state index in [0.29, 0.717) is 28.4 Å². The van der Waals surface area contributed by atoms with Gasteiger partial charge < -0.3 is 25.4 Å². The van der Waals surface area contributed by atoms with Crippen molar-refractivity contribution in [2.45, 2.75) is 98.1 Å². The number of thiophene rings is 1. The molecular formula is C41H54N4O6S. The van der Waals surface area contributed by atoms with E-state index in [1.54, 1.807) is 26.0 Å². The number of carbonyl (C=O) groups is 4. The first-order valence-electron chi connectivity index (χ1n) is 18.8. The normalized spacial score (nSPS) is 14.9. The van der Waals surface area contributed by atoms with Crippen LogP contribution in [0.15, 0.2) is 48.5 Å². The molecule has 1 aliphatic heterocycles. The van der Waals surface area contributed by atoms with Crippen LogP contribution in [-0.4, -0.2) is 77.5 Å². The van der Waals surface area contributed by atoms with Crippen molar-refractivity contribution >= 4 is 45.7 Å². The minimum atomic E-state index is -1.00. The molecule has 3 aromatic rings. The number of carboxylic acid groups (broad SMARTS) is 1. The van der Waals surface area contributed by atoms with Crippen LogP contribution in [0.2, 0.25) is 0 Å². The number of anilines is 2. The molecule has 0 bridgehead atoms.